The molecule has 0 aliphatic heterocycles. The first-order valence-corrected chi connectivity index (χ1v) is 5.41. The topological polar surface area (TPSA) is 39.2 Å². The summed E-state index contributed by atoms with van der Waals surface area (Å²) in [5.74, 6) is 1.47. The van der Waals surface area contributed by atoms with E-state index in [-0.39, 0.29) is 5.78 Å². The first-order valence-electron chi connectivity index (χ1n) is 5.41. The number of carbonyl (C=O) groups excluding carboxylic acids is 1. The van der Waals surface area contributed by atoms with Crippen LogP contribution in [0.2, 0.25) is 0 Å². The van der Waals surface area contributed by atoms with E-state index in [4.69, 9.17) is 4.74 Å². The van der Waals surface area contributed by atoms with Crippen molar-refractivity contribution < 1.29 is 9.53 Å². The predicted molar refractivity (Wildman–Crippen MR) is 57.1 cm³/mol. The normalized spacial score (nSPS) is 15.0. The zero-order chi connectivity index (χ0) is 10.7. The van der Waals surface area contributed by atoms with Gasteiger partial charge in [-0.3, -0.25) is 4.79 Å². The van der Waals surface area contributed by atoms with Gasteiger partial charge < -0.3 is 4.74 Å². The molecule has 2 rings (SSSR count). The van der Waals surface area contributed by atoms with Gasteiger partial charge in [-0.1, -0.05) is 6.92 Å². The summed E-state index contributed by atoms with van der Waals surface area (Å²) in [5.41, 5.74) is 0.663. The van der Waals surface area contributed by atoms with Gasteiger partial charge in [0.25, 0.3) is 0 Å². The Morgan fingerprint density at radius 1 is 1.53 bits per heavy atom. The summed E-state index contributed by atoms with van der Waals surface area (Å²) < 4.78 is 5.48. The van der Waals surface area contributed by atoms with E-state index in [0.29, 0.717) is 17.9 Å². The van der Waals surface area contributed by atoms with Crippen LogP contribution < -0.4 is 4.74 Å². The number of hydrogen-bond acceptors (Lipinski definition) is 3. The molecule has 1 saturated carbocycles. The van der Waals surface area contributed by atoms with Crippen molar-refractivity contribution in [3.63, 3.8) is 0 Å². The Morgan fingerprint density at radius 2 is 2.33 bits per heavy atom. The van der Waals surface area contributed by atoms with Gasteiger partial charge in [-0.15, -0.1) is 0 Å². The van der Waals surface area contributed by atoms with Crippen LogP contribution in [0.4, 0.5) is 0 Å². The van der Waals surface area contributed by atoms with Crippen LogP contribution >= 0.6 is 0 Å². The lowest BCUT2D eigenvalue weighted by Crippen LogP contribution is -2.02. The Kier molecular flexibility index (Phi) is 2.99. The summed E-state index contributed by atoms with van der Waals surface area (Å²) in [5, 5.41) is 0. The van der Waals surface area contributed by atoms with Crippen molar-refractivity contribution in [3.8, 4) is 5.88 Å². The zero-order valence-corrected chi connectivity index (χ0v) is 8.90. The number of ether oxygens (including phenoxy) is 1. The van der Waals surface area contributed by atoms with Crippen LogP contribution in [-0.4, -0.2) is 17.4 Å². The molecule has 3 heteroatoms. The number of rotatable bonds is 5. The molecule has 0 bridgehead atoms. The molecule has 0 N–H and O–H groups in total. The molecule has 0 aromatic carbocycles. The number of pyridine rings is 1. The smallest absolute Gasteiger partial charge is 0.213 e. The molecular weight excluding hydrogens is 190 g/mol. The molecule has 0 spiro atoms. The minimum atomic E-state index is 0.122. The molecule has 15 heavy (non-hydrogen) atoms. The van der Waals surface area contributed by atoms with E-state index < -0.39 is 0 Å². The highest BCUT2D eigenvalue weighted by atomic mass is 16.5. The maximum absolute atomic E-state index is 11.3. The Labute approximate surface area is 89.5 Å². The molecule has 0 atom stereocenters. The maximum atomic E-state index is 11.3. The number of Topliss-reactive ketones (excluding diaryl/α,β-unsaturated/α-hetero) is 1. The fraction of sp³-hybridized carbons (Fsp3) is 0.500. The standard InChI is InChI=1S/C12H15NO2/c1-2-11(14)10-5-6-12(13-7-10)15-8-9-3-4-9/h5-7,9H,2-4,8H2,1H3. The second-order valence-electron chi connectivity index (χ2n) is 3.92. The van der Waals surface area contributed by atoms with Gasteiger partial charge in [0.1, 0.15) is 0 Å². The summed E-state index contributed by atoms with van der Waals surface area (Å²) in [4.78, 5) is 15.4. The van der Waals surface area contributed by atoms with Gasteiger partial charge in [-0.25, -0.2) is 4.98 Å². The number of ketones is 1. The quantitative estimate of drug-likeness (QED) is 0.693. The first-order chi connectivity index (χ1) is 7.29. The van der Waals surface area contributed by atoms with Crippen molar-refractivity contribution in [1.29, 1.82) is 0 Å². The van der Waals surface area contributed by atoms with Crippen molar-refractivity contribution in [3.05, 3.63) is 23.9 Å². The Balaban J connectivity index is 1.93. The molecule has 1 aliphatic carbocycles. The van der Waals surface area contributed by atoms with Crippen LogP contribution in [0.3, 0.4) is 0 Å². The molecule has 1 fully saturated rings. The lowest BCUT2D eigenvalue weighted by Gasteiger charge is -2.04. The Bertz CT molecular complexity index is 341. The van der Waals surface area contributed by atoms with E-state index >= 15 is 0 Å². The number of carbonyl (C=O) groups is 1. The van der Waals surface area contributed by atoms with E-state index in [1.165, 1.54) is 12.8 Å². The highest BCUT2D eigenvalue weighted by Gasteiger charge is 2.22. The van der Waals surface area contributed by atoms with Gasteiger partial charge in [0, 0.05) is 24.2 Å². The van der Waals surface area contributed by atoms with Crippen molar-refractivity contribution in [2.24, 2.45) is 5.92 Å². The fourth-order valence-electron chi connectivity index (χ4n) is 1.32. The molecule has 0 unspecified atom stereocenters. The highest BCUT2D eigenvalue weighted by molar-refractivity contribution is 5.95. The van der Waals surface area contributed by atoms with Gasteiger partial charge in [0.15, 0.2) is 5.78 Å². The monoisotopic (exact) mass is 205 g/mol. The van der Waals surface area contributed by atoms with E-state index in [1.807, 2.05) is 6.92 Å². The second-order valence-corrected chi connectivity index (χ2v) is 3.92. The van der Waals surface area contributed by atoms with Crippen LogP contribution in [-0.2, 0) is 0 Å². The highest BCUT2D eigenvalue weighted by Crippen LogP contribution is 2.29. The lowest BCUT2D eigenvalue weighted by molar-refractivity contribution is 0.0987. The third-order valence-corrected chi connectivity index (χ3v) is 2.54. The summed E-state index contributed by atoms with van der Waals surface area (Å²) >= 11 is 0. The minimum Gasteiger partial charge on any atom is -0.477 e. The maximum Gasteiger partial charge on any atom is 0.213 e. The van der Waals surface area contributed by atoms with Crippen molar-refractivity contribution >= 4 is 5.78 Å². The van der Waals surface area contributed by atoms with Crippen LogP contribution in [0, 0.1) is 5.92 Å². The second kappa shape index (κ2) is 4.43. The van der Waals surface area contributed by atoms with Crippen LogP contribution in [0.25, 0.3) is 0 Å². The summed E-state index contributed by atoms with van der Waals surface area (Å²) in [6.45, 7) is 2.61. The zero-order valence-electron chi connectivity index (χ0n) is 8.90. The lowest BCUT2D eigenvalue weighted by atomic mass is 10.1. The number of aromatic nitrogens is 1. The van der Waals surface area contributed by atoms with Gasteiger partial charge in [-0.05, 0) is 24.8 Å². The van der Waals surface area contributed by atoms with E-state index in [9.17, 15) is 4.79 Å². The molecule has 0 saturated heterocycles. The molecule has 1 aromatic rings. The fourth-order valence-corrected chi connectivity index (χ4v) is 1.32. The molecule has 0 amide bonds. The summed E-state index contributed by atoms with van der Waals surface area (Å²) in [6, 6.07) is 3.55. The SMILES string of the molecule is CCC(=O)c1ccc(OCC2CC2)nc1. The van der Waals surface area contributed by atoms with Gasteiger partial charge >= 0.3 is 0 Å². The van der Waals surface area contributed by atoms with Crippen molar-refractivity contribution in [2.75, 3.05) is 6.61 Å². The van der Waals surface area contributed by atoms with E-state index in [0.717, 1.165) is 12.5 Å². The van der Waals surface area contributed by atoms with Gasteiger partial charge in [0.2, 0.25) is 5.88 Å². The average molecular weight is 205 g/mol. The minimum absolute atomic E-state index is 0.122. The Hall–Kier alpha value is -1.38. The molecular formula is C12H15NO2. The van der Waals surface area contributed by atoms with Crippen LogP contribution in [0.1, 0.15) is 36.5 Å². The number of nitrogens with zero attached hydrogens (tertiary/aromatic N) is 1. The van der Waals surface area contributed by atoms with Crippen LogP contribution in [0.15, 0.2) is 18.3 Å². The average Bonchev–Trinajstić information content (AvgIpc) is 3.10. The van der Waals surface area contributed by atoms with Crippen LogP contribution in [0.5, 0.6) is 5.88 Å². The Morgan fingerprint density at radius 3 is 2.87 bits per heavy atom. The molecule has 1 aromatic heterocycles. The molecule has 80 valence electrons. The molecule has 1 heterocycles. The van der Waals surface area contributed by atoms with Gasteiger partial charge in [-0.2, -0.15) is 0 Å². The van der Waals surface area contributed by atoms with Crippen molar-refractivity contribution in [2.45, 2.75) is 26.2 Å². The molecule has 3 nitrogen and oxygen atoms in total. The third kappa shape index (κ3) is 2.78. The summed E-state index contributed by atoms with van der Waals surface area (Å²) in [6.07, 6.45) is 4.65. The molecule has 1 aliphatic rings. The predicted octanol–water partition coefficient (Wildman–Crippen LogP) is 2.46. The largest absolute Gasteiger partial charge is 0.477 e. The van der Waals surface area contributed by atoms with E-state index in [2.05, 4.69) is 4.98 Å². The molecule has 0 radical (unpaired) electrons. The first kappa shape index (κ1) is 10.1. The number of hydrogen-bond donors (Lipinski definition) is 0. The van der Waals surface area contributed by atoms with E-state index in [1.54, 1.807) is 18.3 Å². The summed E-state index contributed by atoms with van der Waals surface area (Å²) in [7, 11) is 0. The third-order valence-electron chi connectivity index (χ3n) is 2.54. The van der Waals surface area contributed by atoms with Crippen molar-refractivity contribution in [1.82, 2.24) is 4.98 Å². The van der Waals surface area contributed by atoms with Gasteiger partial charge in [0.05, 0.1) is 6.61 Å².